The van der Waals surface area contributed by atoms with Gasteiger partial charge in [-0.05, 0) is 87.4 Å². The van der Waals surface area contributed by atoms with Crippen LogP contribution in [-0.2, 0) is 27.1 Å². The molecule has 0 bridgehead atoms. The lowest BCUT2D eigenvalue weighted by atomic mass is 10.0. The number of phenolic OH excluding ortho intramolecular Hbond substituents is 1. The van der Waals surface area contributed by atoms with E-state index in [1.165, 1.54) is 11.1 Å². The van der Waals surface area contributed by atoms with Gasteiger partial charge in [-0.2, -0.15) is 0 Å². The van der Waals surface area contributed by atoms with Crippen molar-refractivity contribution < 1.29 is 28.9 Å². The highest BCUT2D eigenvalue weighted by Crippen LogP contribution is 2.38. The highest BCUT2D eigenvalue weighted by molar-refractivity contribution is 5.85. The summed E-state index contributed by atoms with van der Waals surface area (Å²) in [5.41, 5.74) is 3.33. The summed E-state index contributed by atoms with van der Waals surface area (Å²) in [5.74, 6) is 0.661. The lowest BCUT2D eigenvalue weighted by Crippen LogP contribution is -2.31. The molecular weight excluding hydrogens is 470 g/mol. The van der Waals surface area contributed by atoms with Crippen molar-refractivity contribution >= 4 is 24.5 Å². The molecule has 35 heavy (non-hydrogen) atoms. The maximum atomic E-state index is 11.7. The quantitative estimate of drug-likeness (QED) is 0.228. The van der Waals surface area contributed by atoms with Crippen LogP contribution in [0.3, 0.4) is 0 Å². The number of hydrogen-bond acceptors (Lipinski definition) is 7. The number of aryl methyl sites for hydroxylation is 1. The number of nitrogens with zero attached hydrogens (tertiary/aromatic N) is 1. The van der Waals surface area contributed by atoms with Crippen molar-refractivity contribution in [3.63, 3.8) is 0 Å². The molecule has 1 atom stereocenters. The Labute approximate surface area is 213 Å². The highest BCUT2D eigenvalue weighted by Gasteiger charge is 2.28. The summed E-state index contributed by atoms with van der Waals surface area (Å²) in [4.78, 5) is 25.8. The Morgan fingerprint density at radius 1 is 1.03 bits per heavy atom. The van der Waals surface area contributed by atoms with Gasteiger partial charge in [-0.15, -0.1) is 12.4 Å². The van der Waals surface area contributed by atoms with Crippen molar-refractivity contribution in [1.29, 1.82) is 0 Å². The van der Waals surface area contributed by atoms with Crippen LogP contribution < -0.4 is 4.74 Å². The molecule has 1 aliphatic carbocycles. The molecule has 2 aromatic rings. The third-order valence-corrected chi connectivity index (χ3v) is 6.11. The van der Waals surface area contributed by atoms with Gasteiger partial charge in [0.2, 0.25) is 0 Å². The first-order valence-electron chi connectivity index (χ1n) is 12.2. The van der Waals surface area contributed by atoms with Crippen LogP contribution in [0.4, 0.5) is 4.79 Å². The van der Waals surface area contributed by atoms with E-state index in [4.69, 9.17) is 14.2 Å². The topological polar surface area (TPSA) is 85.3 Å². The predicted molar refractivity (Wildman–Crippen MR) is 136 cm³/mol. The van der Waals surface area contributed by atoms with Crippen LogP contribution in [0.2, 0.25) is 0 Å². The summed E-state index contributed by atoms with van der Waals surface area (Å²) in [6.07, 6.45) is 4.00. The van der Waals surface area contributed by atoms with E-state index in [1.807, 2.05) is 43.3 Å². The van der Waals surface area contributed by atoms with E-state index < -0.39 is 6.16 Å². The van der Waals surface area contributed by atoms with E-state index in [0.29, 0.717) is 24.5 Å². The van der Waals surface area contributed by atoms with Gasteiger partial charge in [-0.3, -0.25) is 9.69 Å². The number of fused-ring (bicyclic) bond motifs is 1. The molecule has 0 aromatic heterocycles. The van der Waals surface area contributed by atoms with Gasteiger partial charge in [0.25, 0.3) is 0 Å². The van der Waals surface area contributed by atoms with Crippen LogP contribution in [0, 0.1) is 0 Å². The van der Waals surface area contributed by atoms with Gasteiger partial charge in [-0.1, -0.05) is 24.3 Å². The molecule has 1 aliphatic rings. The van der Waals surface area contributed by atoms with Crippen LogP contribution in [0.25, 0.3) is 0 Å². The number of unbranched alkanes of at least 4 members (excludes halogenated alkanes) is 1. The number of carbonyl (C=O) groups is 2. The van der Waals surface area contributed by atoms with Crippen LogP contribution in [-0.4, -0.2) is 48.4 Å². The molecule has 0 heterocycles. The molecule has 3 rings (SSSR count). The standard InChI is InChI=1S/C27H35NO6.ClH/c1-3-32-26(30)11-7-8-17-28(18-16-20-9-5-6-10-25(20)29)24-15-12-21-19-22(13-14-23(21)24)34-27(31)33-4-2;/h5-6,9-10,13-14,19,24,29H,3-4,7-8,11-12,15-18H2,1-2H3;1H. The highest BCUT2D eigenvalue weighted by atomic mass is 35.5. The van der Waals surface area contributed by atoms with Gasteiger partial charge < -0.3 is 19.3 Å². The second kappa shape index (κ2) is 14.6. The molecule has 0 radical (unpaired) electrons. The SMILES string of the molecule is CCOC(=O)CCCCN(CCc1ccccc1O)C1CCc2cc(OC(=O)OCC)ccc21.Cl. The lowest BCUT2D eigenvalue weighted by Gasteiger charge is -2.30. The number of hydrogen-bond donors (Lipinski definition) is 1. The van der Waals surface area contributed by atoms with Crippen molar-refractivity contribution in [1.82, 2.24) is 4.90 Å². The Kier molecular flexibility index (Phi) is 11.9. The number of carbonyl (C=O) groups excluding carboxylic acids is 2. The van der Waals surface area contributed by atoms with Crippen molar-refractivity contribution in [3.05, 3.63) is 59.2 Å². The zero-order chi connectivity index (χ0) is 24.3. The Hall–Kier alpha value is -2.77. The van der Waals surface area contributed by atoms with Crippen molar-refractivity contribution in [2.45, 2.75) is 58.4 Å². The summed E-state index contributed by atoms with van der Waals surface area (Å²) in [6, 6.07) is 13.5. The maximum Gasteiger partial charge on any atom is 0.513 e. The van der Waals surface area contributed by atoms with E-state index in [2.05, 4.69) is 4.90 Å². The maximum absolute atomic E-state index is 11.7. The minimum atomic E-state index is -0.692. The van der Waals surface area contributed by atoms with Crippen LogP contribution in [0.1, 0.15) is 62.3 Å². The Morgan fingerprint density at radius 3 is 2.54 bits per heavy atom. The Bertz CT molecular complexity index is 966. The van der Waals surface area contributed by atoms with Crippen LogP contribution >= 0.6 is 12.4 Å². The van der Waals surface area contributed by atoms with Gasteiger partial charge in [-0.25, -0.2) is 4.79 Å². The zero-order valence-corrected chi connectivity index (χ0v) is 21.4. The fourth-order valence-electron chi connectivity index (χ4n) is 4.48. The van der Waals surface area contributed by atoms with E-state index in [0.717, 1.165) is 50.8 Å². The van der Waals surface area contributed by atoms with Gasteiger partial charge >= 0.3 is 12.1 Å². The van der Waals surface area contributed by atoms with Gasteiger partial charge in [0.15, 0.2) is 0 Å². The summed E-state index contributed by atoms with van der Waals surface area (Å²) < 4.78 is 15.2. The Balaban J connectivity index is 0.00000432. The van der Waals surface area contributed by atoms with E-state index in [9.17, 15) is 14.7 Å². The third kappa shape index (κ3) is 8.44. The van der Waals surface area contributed by atoms with E-state index in [1.54, 1.807) is 13.0 Å². The largest absolute Gasteiger partial charge is 0.513 e. The van der Waals surface area contributed by atoms with E-state index >= 15 is 0 Å². The molecule has 1 unspecified atom stereocenters. The fourth-order valence-corrected chi connectivity index (χ4v) is 4.48. The van der Waals surface area contributed by atoms with Crippen molar-refractivity contribution in [3.8, 4) is 11.5 Å². The second-order valence-corrected chi connectivity index (χ2v) is 8.38. The number of halogens is 1. The normalized spacial score (nSPS) is 14.2. The molecule has 0 fully saturated rings. The number of aromatic hydroxyl groups is 1. The molecule has 0 spiro atoms. The first-order chi connectivity index (χ1) is 16.5. The fraction of sp³-hybridized carbons (Fsp3) is 0.481. The minimum absolute atomic E-state index is 0. The summed E-state index contributed by atoms with van der Waals surface area (Å²) in [7, 11) is 0. The molecule has 0 saturated heterocycles. The molecule has 0 aliphatic heterocycles. The number of esters is 1. The summed E-state index contributed by atoms with van der Waals surface area (Å²) >= 11 is 0. The average molecular weight is 506 g/mol. The zero-order valence-electron chi connectivity index (χ0n) is 20.5. The molecule has 1 N–H and O–H groups in total. The number of rotatable bonds is 12. The molecule has 2 aromatic carbocycles. The average Bonchev–Trinajstić information content (AvgIpc) is 3.23. The number of benzene rings is 2. The predicted octanol–water partition coefficient (Wildman–Crippen LogP) is 5.61. The minimum Gasteiger partial charge on any atom is -0.508 e. The monoisotopic (exact) mass is 505 g/mol. The molecular formula is C27H36ClNO6. The first-order valence-corrected chi connectivity index (χ1v) is 12.2. The van der Waals surface area contributed by atoms with Gasteiger partial charge in [0.05, 0.1) is 13.2 Å². The third-order valence-electron chi connectivity index (χ3n) is 6.11. The van der Waals surface area contributed by atoms with Crippen LogP contribution in [0.15, 0.2) is 42.5 Å². The van der Waals surface area contributed by atoms with Gasteiger partial charge in [0.1, 0.15) is 11.5 Å². The molecule has 8 heteroatoms. The van der Waals surface area contributed by atoms with Crippen LogP contribution in [0.5, 0.6) is 11.5 Å². The van der Waals surface area contributed by atoms with E-state index in [-0.39, 0.29) is 31.0 Å². The summed E-state index contributed by atoms with van der Waals surface area (Å²) in [5, 5.41) is 10.2. The molecule has 0 amide bonds. The first kappa shape index (κ1) is 28.5. The molecule has 0 saturated carbocycles. The molecule has 192 valence electrons. The second-order valence-electron chi connectivity index (χ2n) is 8.38. The number of ether oxygens (including phenoxy) is 3. The summed E-state index contributed by atoms with van der Waals surface area (Å²) in [6.45, 7) is 5.88. The van der Waals surface area contributed by atoms with Gasteiger partial charge in [0, 0.05) is 19.0 Å². The lowest BCUT2D eigenvalue weighted by molar-refractivity contribution is -0.143. The number of para-hydroxylation sites is 1. The smallest absolute Gasteiger partial charge is 0.508 e. The molecule has 7 nitrogen and oxygen atoms in total. The van der Waals surface area contributed by atoms with Crippen molar-refractivity contribution in [2.75, 3.05) is 26.3 Å². The number of phenols is 1. The Morgan fingerprint density at radius 2 is 1.80 bits per heavy atom. The van der Waals surface area contributed by atoms with Crippen molar-refractivity contribution in [2.24, 2.45) is 0 Å².